The fourth-order valence-corrected chi connectivity index (χ4v) is 6.65. The summed E-state index contributed by atoms with van der Waals surface area (Å²) < 4.78 is 9.04. The number of hydrogen-bond donors (Lipinski definition) is 1. The van der Waals surface area contributed by atoms with E-state index < -0.39 is 17.7 Å². The quantitative estimate of drug-likeness (QED) is 0.694. The standard InChI is InChI=1S/C19H29N3O3S3/c1-13-14(12-16(27-13)28-21-8-10-26-11-9-21)20-17(23)15-6-5-7-22(15)18(24)25-19(2,3)4/h12,15H,5-11H2,1-4H3,(H,20,23). The number of ether oxygens (including phenoxy) is 1. The molecule has 2 saturated heterocycles. The first kappa shape index (κ1) is 21.8. The number of rotatable bonds is 4. The highest BCUT2D eigenvalue weighted by Gasteiger charge is 2.36. The van der Waals surface area contributed by atoms with Gasteiger partial charge in [0.05, 0.1) is 9.90 Å². The lowest BCUT2D eigenvalue weighted by molar-refractivity contribution is -0.120. The molecule has 6 nitrogen and oxygen atoms in total. The fraction of sp³-hybridized carbons (Fsp3) is 0.684. The van der Waals surface area contributed by atoms with Gasteiger partial charge < -0.3 is 10.1 Å². The molecule has 1 unspecified atom stereocenters. The maximum absolute atomic E-state index is 12.9. The molecule has 3 heterocycles. The number of thiophene rings is 1. The second kappa shape index (κ2) is 9.28. The monoisotopic (exact) mass is 443 g/mol. The van der Waals surface area contributed by atoms with Gasteiger partial charge in [-0.15, -0.1) is 11.3 Å². The molecule has 1 N–H and O–H groups in total. The van der Waals surface area contributed by atoms with Crippen molar-refractivity contribution in [2.45, 2.75) is 56.4 Å². The van der Waals surface area contributed by atoms with Crippen LogP contribution in [-0.2, 0) is 9.53 Å². The van der Waals surface area contributed by atoms with Crippen LogP contribution in [0.15, 0.2) is 10.3 Å². The summed E-state index contributed by atoms with van der Waals surface area (Å²) in [6, 6.07) is 1.58. The van der Waals surface area contributed by atoms with Crippen LogP contribution in [0.3, 0.4) is 0 Å². The van der Waals surface area contributed by atoms with Crippen LogP contribution in [0.4, 0.5) is 10.5 Å². The normalized spacial score (nSPS) is 21.0. The largest absolute Gasteiger partial charge is 0.444 e. The first-order valence-corrected chi connectivity index (χ1v) is 12.4. The molecule has 2 aliphatic heterocycles. The molecule has 156 valence electrons. The minimum Gasteiger partial charge on any atom is -0.444 e. The number of thioether (sulfide) groups is 1. The molecule has 9 heteroatoms. The SMILES string of the molecule is Cc1sc(SN2CCSCC2)cc1NC(=O)C1CCCN1C(=O)OC(C)(C)C. The summed E-state index contributed by atoms with van der Waals surface area (Å²) in [6.07, 6.45) is 1.07. The lowest BCUT2D eigenvalue weighted by Crippen LogP contribution is -2.45. The molecule has 0 saturated carbocycles. The smallest absolute Gasteiger partial charge is 0.410 e. The molecule has 1 atom stereocenters. The Morgan fingerprint density at radius 1 is 1.25 bits per heavy atom. The van der Waals surface area contributed by atoms with Crippen LogP contribution in [0.25, 0.3) is 0 Å². The van der Waals surface area contributed by atoms with E-state index in [4.69, 9.17) is 4.74 Å². The highest BCUT2D eigenvalue weighted by molar-refractivity contribution is 8.00. The minimum absolute atomic E-state index is 0.129. The van der Waals surface area contributed by atoms with Crippen LogP contribution in [-0.4, -0.2) is 64.0 Å². The number of aryl methyl sites for hydroxylation is 1. The summed E-state index contributed by atoms with van der Waals surface area (Å²) >= 11 is 5.47. The third-order valence-electron chi connectivity index (χ3n) is 4.53. The van der Waals surface area contributed by atoms with Gasteiger partial charge in [0, 0.05) is 36.0 Å². The van der Waals surface area contributed by atoms with Crippen LogP contribution in [0.5, 0.6) is 0 Å². The van der Waals surface area contributed by atoms with Crippen LogP contribution in [0, 0.1) is 6.92 Å². The Bertz CT molecular complexity index is 711. The summed E-state index contributed by atoms with van der Waals surface area (Å²) in [4.78, 5) is 28.0. The first-order valence-electron chi connectivity index (χ1n) is 9.64. The van der Waals surface area contributed by atoms with Crippen LogP contribution in [0.2, 0.25) is 0 Å². The Morgan fingerprint density at radius 3 is 2.64 bits per heavy atom. The second-order valence-electron chi connectivity index (χ2n) is 7.99. The van der Waals surface area contributed by atoms with Gasteiger partial charge in [-0.1, -0.05) is 0 Å². The number of nitrogens with zero attached hydrogens (tertiary/aromatic N) is 2. The molecule has 0 bridgehead atoms. The Balaban J connectivity index is 1.61. The molecule has 2 amide bonds. The Morgan fingerprint density at radius 2 is 1.96 bits per heavy atom. The topological polar surface area (TPSA) is 61.9 Å². The second-order valence-corrected chi connectivity index (χ2v) is 11.9. The Hall–Kier alpha value is -0.900. The number of carbonyl (C=O) groups excluding carboxylic acids is 2. The van der Waals surface area contributed by atoms with Gasteiger partial charge >= 0.3 is 6.09 Å². The van der Waals surface area contributed by atoms with E-state index in [0.717, 1.165) is 30.1 Å². The molecule has 0 aromatic carbocycles. The highest BCUT2D eigenvalue weighted by atomic mass is 32.2. The van der Waals surface area contributed by atoms with E-state index >= 15 is 0 Å². The summed E-state index contributed by atoms with van der Waals surface area (Å²) in [7, 11) is 0. The van der Waals surface area contributed by atoms with E-state index in [-0.39, 0.29) is 5.91 Å². The summed E-state index contributed by atoms with van der Waals surface area (Å²) in [5, 5.41) is 3.04. The molecule has 0 spiro atoms. The number of likely N-dealkylation sites (tertiary alicyclic amines) is 1. The average molecular weight is 444 g/mol. The molecule has 1 aromatic rings. The maximum Gasteiger partial charge on any atom is 0.410 e. The molecule has 3 rings (SSSR count). The molecular formula is C19H29N3O3S3. The van der Waals surface area contributed by atoms with E-state index in [0.29, 0.717) is 13.0 Å². The zero-order valence-corrected chi connectivity index (χ0v) is 19.4. The van der Waals surface area contributed by atoms with Crippen molar-refractivity contribution >= 4 is 52.7 Å². The average Bonchev–Trinajstić information content (AvgIpc) is 3.22. The fourth-order valence-electron chi connectivity index (χ4n) is 3.18. The van der Waals surface area contributed by atoms with Gasteiger partial charge in [-0.05, 0) is 58.6 Å². The van der Waals surface area contributed by atoms with Gasteiger partial charge in [-0.3, -0.25) is 9.69 Å². The number of anilines is 1. The molecule has 2 aliphatic rings. The van der Waals surface area contributed by atoms with Crippen molar-refractivity contribution in [2.75, 3.05) is 36.5 Å². The Kier molecular flexibility index (Phi) is 7.22. The highest BCUT2D eigenvalue weighted by Crippen LogP contribution is 2.36. The first-order chi connectivity index (χ1) is 13.2. The number of hydrogen-bond acceptors (Lipinski definition) is 7. The third kappa shape index (κ3) is 5.81. The van der Waals surface area contributed by atoms with Crippen molar-refractivity contribution in [3.05, 3.63) is 10.9 Å². The maximum atomic E-state index is 12.9. The van der Waals surface area contributed by atoms with Gasteiger partial charge in [0.1, 0.15) is 11.6 Å². The van der Waals surface area contributed by atoms with Gasteiger partial charge in [-0.2, -0.15) is 11.8 Å². The van der Waals surface area contributed by atoms with Gasteiger partial charge in [0.2, 0.25) is 5.91 Å². The summed E-state index contributed by atoms with van der Waals surface area (Å²) in [6.45, 7) is 10.3. The van der Waals surface area contributed by atoms with Crippen molar-refractivity contribution in [3.8, 4) is 0 Å². The lowest BCUT2D eigenvalue weighted by Gasteiger charge is -2.28. The van der Waals surface area contributed by atoms with Gasteiger partial charge in [0.25, 0.3) is 0 Å². The molecule has 0 aliphatic carbocycles. The zero-order chi connectivity index (χ0) is 20.3. The molecule has 28 heavy (non-hydrogen) atoms. The van der Waals surface area contributed by atoms with Crippen molar-refractivity contribution in [3.63, 3.8) is 0 Å². The summed E-state index contributed by atoms with van der Waals surface area (Å²) in [5.74, 6) is 2.21. The zero-order valence-electron chi connectivity index (χ0n) is 16.9. The van der Waals surface area contributed by atoms with Crippen molar-refractivity contribution < 1.29 is 14.3 Å². The number of amides is 2. The van der Waals surface area contributed by atoms with Gasteiger partial charge in [0.15, 0.2) is 0 Å². The van der Waals surface area contributed by atoms with Crippen LogP contribution in [0.1, 0.15) is 38.5 Å². The van der Waals surface area contributed by atoms with Crippen molar-refractivity contribution in [1.82, 2.24) is 9.21 Å². The van der Waals surface area contributed by atoms with E-state index in [1.54, 1.807) is 28.2 Å². The van der Waals surface area contributed by atoms with E-state index in [1.807, 2.05) is 39.5 Å². The van der Waals surface area contributed by atoms with Gasteiger partial charge in [-0.25, -0.2) is 9.10 Å². The lowest BCUT2D eigenvalue weighted by atomic mass is 10.2. The Labute approximate surface area is 179 Å². The summed E-state index contributed by atoms with van der Waals surface area (Å²) in [5.41, 5.74) is 0.281. The predicted molar refractivity (Wildman–Crippen MR) is 118 cm³/mol. The number of carbonyl (C=O) groups is 2. The molecule has 2 fully saturated rings. The third-order valence-corrected chi connectivity index (χ3v) is 7.71. The van der Waals surface area contributed by atoms with Crippen molar-refractivity contribution in [1.29, 1.82) is 0 Å². The van der Waals surface area contributed by atoms with Crippen LogP contribution >= 0.6 is 35.0 Å². The molecule has 1 aromatic heterocycles. The predicted octanol–water partition coefficient (Wildman–Crippen LogP) is 4.45. The van der Waals surface area contributed by atoms with Crippen LogP contribution < -0.4 is 5.32 Å². The minimum atomic E-state index is -0.566. The van der Waals surface area contributed by atoms with E-state index in [2.05, 4.69) is 15.7 Å². The van der Waals surface area contributed by atoms with E-state index in [1.165, 1.54) is 15.7 Å². The molecular weight excluding hydrogens is 414 g/mol. The van der Waals surface area contributed by atoms with Crippen molar-refractivity contribution in [2.24, 2.45) is 0 Å². The van der Waals surface area contributed by atoms with E-state index in [9.17, 15) is 9.59 Å². The molecule has 0 radical (unpaired) electrons. The number of nitrogens with one attached hydrogen (secondary N) is 1.